The lowest BCUT2D eigenvalue weighted by atomic mass is 10.1. The maximum absolute atomic E-state index is 11.8. The first kappa shape index (κ1) is 18.4. The van der Waals surface area contributed by atoms with Crippen molar-refractivity contribution in [3.63, 3.8) is 0 Å². The third-order valence-corrected chi connectivity index (χ3v) is 3.74. The van der Waals surface area contributed by atoms with Crippen LogP contribution in [0.4, 0.5) is 0 Å². The van der Waals surface area contributed by atoms with Gasteiger partial charge in [0.1, 0.15) is 11.4 Å². The van der Waals surface area contributed by atoms with Crippen LogP contribution < -0.4 is 9.92 Å². The van der Waals surface area contributed by atoms with E-state index in [1.165, 1.54) is 0 Å². The van der Waals surface area contributed by atoms with E-state index in [9.17, 15) is 13.2 Å². The summed E-state index contributed by atoms with van der Waals surface area (Å²) < 4.78 is 33.7. The first-order valence-electron chi connectivity index (χ1n) is 7.02. The minimum Gasteiger partial charge on any atom is -0.460 e. The number of esters is 1. The number of carbonyl (C=O) groups excluding carboxylic acids is 1. The molecule has 0 aliphatic carbocycles. The van der Waals surface area contributed by atoms with Gasteiger partial charge in [-0.3, -0.25) is 4.79 Å². The summed E-state index contributed by atoms with van der Waals surface area (Å²) in [7, 11) is -3.73. The number of benzene rings is 1. The molecule has 0 saturated heterocycles. The maximum Gasteiger partial charge on any atom is 0.309 e. The summed E-state index contributed by atoms with van der Waals surface area (Å²) in [4.78, 5) is 11.6. The molecule has 0 saturated carbocycles. The molecule has 0 bridgehead atoms. The van der Waals surface area contributed by atoms with E-state index in [1.54, 1.807) is 51.1 Å². The molecule has 0 aromatic heterocycles. The van der Waals surface area contributed by atoms with Gasteiger partial charge < -0.3 is 14.7 Å². The van der Waals surface area contributed by atoms with Gasteiger partial charge in [0.15, 0.2) is 0 Å². The number of hydrogen-bond acceptors (Lipinski definition) is 6. The standard InChI is InChI=1S/C15H23NO5S/c1-15(2,3)20-14(17)11-12(16)9-10-22(18,19)21-13-7-5-4-6-8-13/h4-8,12H,9-11,16H2,1-3H3/t12-/m1/s1. The quantitative estimate of drug-likeness (QED) is 0.606. The molecule has 6 nitrogen and oxygen atoms in total. The Morgan fingerprint density at radius 1 is 1.23 bits per heavy atom. The van der Waals surface area contributed by atoms with Crippen molar-refractivity contribution in [3.8, 4) is 5.75 Å². The summed E-state index contributed by atoms with van der Waals surface area (Å²) in [6.45, 7) is 5.28. The highest BCUT2D eigenvalue weighted by Gasteiger charge is 2.21. The van der Waals surface area contributed by atoms with Crippen LogP contribution in [0.3, 0.4) is 0 Å². The van der Waals surface area contributed by atoms with Crippen molar-refractivity contribution in [3.05, 3.63) is 30.3 Å². The van der Waals surface area contributed by atoms with E-state index in [0.717, 1.165) is 0 Å². The fourth-order valence-electron chi connectivity index (χ4n) is 1.66. The lowest BCUT2D eigenvalue weighted by Gasteiger charge is -2.20. The van der Waals surface area contributed by atoms with Gasteiger partial charge >= 0.3 is 16.1 Å². The number of nitrogens with two attached hydrogens (primary N) is 1. The molecule has 2 N–H and O–H groups in total. The van der Waals surface area contributed by atoms with Crippen molar-refractivity contribution < 1.29 is 22.1 Å². The zero-order valence-corrected chi connectivity index (χ0v) is 13.9. The van der Waals surface area contributed by atoms with Crippen LogP contribution in [0, 0.1) is 0 Å². The van der Waals surface area contributed by atoms with E-state index in [2.05, 4.69) is 0 Å². The Morgan fingerprint density at radius 2 is 1.82 bits per heavy atom. The second kappa shape index (κ2) is 7.60. The normalized spacial score (nSPS) is 13.5. The van der Waals surface area contributed by atoms with Crippen molar-refractivity contribution in [1.82, 2.24) is 0 Å². The zero-order valence-electron chi connectivity index (χ0n) is 13.1. The molecule has 0 heterocycles. The minimum absolute atomic E-state index is 0.0296. The van der Waals surface area contributed by atoms with Crippen molar-refractivity contribution >= 4 is 16.1 Å². The summed E-state index contributed by atoms with van der Waals surface area (Å²) in [6, 6.07) is 7.63. The smallest absolute Gasteiger partial charge is 0.309 e. The highest BCUT2D eigenvalue weighted by Crippen LogP contribution is 2.14. The Hall–Kier alpha value is -1.60. The largest absolute Gasteiger partial charge is 0.460 e. The zero-order chi connectivity index (χ0) is 16.8. The van der Waals surface area contributed by atoms with Crippen LogP contribution in [0.2, 0.25) is 0 Å². The van der Waals surface area contributed by atoms with E-state index in [-0.39, 0.29) is 24.3 Å². The summed E-state index contributed by atoms with van der Waals surface area (Å²) in [6.07, 6.45) is 0.0898. The third kappa shape index (κ3) is 7.99. The molecule has 0 aliphatic rings. The minimum atomic E-state index is -3.73. The topological polar surface area (TPSA) is 95.7 Å². The first-order chi connectivity index (χ1) is 10.1. The van der Waals surface area contributed by atoms with Crippen molar-refractivity contribution in [2.45, 2.75) is 45.3 Å². The fourth-order valence-corrected chi connectivity index (χ4v) is 2.74. The molecule has 0 radical (unpaired) electrons. The van der Waals surface area contributed by atoms with Gasteiger partial charge in [-0.15, -0.1) is 0 Å². The van der Waals surface area contributed by atoms with Crippen LogP contribution in [-0.4, -0.2) is 31.8 Å². The summed E-state index contributed by atoms with van der Waals surface area (Å²) in [5.41, 5.74) is 5.19. The van der Waals surface area contributed by atoms with Crippen molar-refractivity contribution in [2.24, 2.45) is 5.73 Å². The van der Waals surface area contributed by atoms with Gasteiger partial charge in [0.2, 0.25) is 0 Å². The monoisotopic (exact) mass is 329 g/mol. The highest BCUT2D eigenvalue weighted by molar-refractivity contribution is 7.87. The molecule has 1 rings (SSSR count). The molecule has 0 fully saturated rings. The molecule has 0 amide bonds. The fraction of sp³-hybridized carbons (Fsp3) is 0.533. The molecular weight excluding hydrogens is 306 g/mol. The lowest BCUT2D eigenvalue weighted by Crippen LogP contribution is -2.31. The SMILES string of the molecule is CC(C)(C)OC(=O)C[C@H](N)CCS(=O)(=O)Oc1ccccc1. The first-order valence-corrected chi connectivity index (χ1v) is 8.60. The molecular formula is C15H23NO5S. The number of hydrogen-bond donors (Lipinski definition) is 1. The van der Waals surface area contributed by atoms with Crippen LogP contribution in [0.25, 0.3) is 0 Å². The molecule has 0 unspecified atom stereocenters. The van der Waals surface area contributed by atoms with Gasteiger partial charge in [-0.25, -0.2) is 0 Å². The second-order valence-electron chi connectivity index (χ2n) is 6.00. The summed E-state index contributed by atoms with van der Waals surface area (Å²) in [5, 5.41) is 0. The summed E-state index contributed by atoms with van der Waals surface area (Å²) in [5.74, 6) is -0.448. The second-order valence-corrected chi connectivity index (χ2v) is 7.69. The Kier molecular flexibility index (Phi) is 6.37. The van der Waals surface area contributed by atoms with Crippen LogP contribution >= 0.6 is 0 Å². The molecule has 0 spiro atoms. The number of rotatable bonds is 7. The highest BCUT2D eigenvalue weighted by atomic mass is 32.2. The van der Waals surface area contributed by atoms with Crippen LogP contribution in [0.1, 0.15) is 33.6 Å². The van der Waals surface area contributed by atoms with E-state index in [4.69, 9.17) is 14.7 Å². The van der Waals surface area contributed by atoms with Crippen LogP contribution in [-0.2, 0) is 19.6 Å². The molecule has 1 aromatic carbocycles. The molecule has 1 aromatic rings. The Balaban J connectivity index is 2.42. The molecule has 0 aliphatic heterocycles. The Bertz CT molecular complexity index is 578. The molecule has 1 atom stereocenters. The van der Waals surface area contributed by atoms with E-state index < -0.39 is 27.7 Å². The molecule has 22 heavy (non-hydrogen) atoms. The van der Waals surface area contributed by atoms with Gasteiger partial charge in [0.25, 0.3) is 0 Å². The van der Waals surface area contributed by atoms with E-state index in [0.29, 0.717) is 0 Å². The van der Waals surface area contributed by atoms with Crippen molar-refractivity contribution in [2.75, 3.05) is 5.75 Å². The average molecular weight is 329 g/mol. The number of para-hydroxylation sites is 1. The van der Waals surface area contributed by atoms with Gasteiger partial charge in [-0.1, -0.05) is 18.2 Å². The van der Waals surface area contributed by atoms with Crippen LogP contribution in [0.15, 0.2) is 30.3 Å². The Labute approximate surface area is 131 Å². The molecule has 124 valence electrons. The third-order valence-electron chi connectivity index (χ3n) is 2.55. The van der Waals surface area contributed by atoms with Gasteiger partial charge in [0.05, 0.1) is 12.2 Å². The lowest BCUT2D eigenvalue weighted by molar-refractivity contribution is -0.155. The molecule has 7 heteroatoms. The Morgan fingerprint density at radius 3 is 2.36 bits per heavy atom. The number of ether oxygens (including phenoxy) is 1. The summed E-state index contributed by atoms with van der Waals surface area (Å²) >= 11 is 0. The van der Waals surface area contributed by atoms with E-state index in [1.807, 2.05) is 0 Å². The van der Waals surface area contributed by atoms with Crippen molar-refractivity contribution in [1.29, 1.82) is 0 Å². The maximum atomic E-state index is 11.8. The van der Waals surface area contributed by atoms with E-state index >= 15 is 0 Å². The van der Waals surface area contributed by atoms with Gasteiger partial charge in [-0.2, -0.15) is 8.42 Å². The van der Waals surface area contributed by atoms with Gasteiger partial charge in [-0.05, 0) is 39.3 Å². The number of carbonyl (C=O) groups is 1. The predicted octanol–water partition coefficient (Wildman–Crippen LogP) is 1.84. The average Bonchev–Trinajstić information content (AvgIpc) is 2.35. The predicted molar refractivity (Wildman–Crippen MR) is 83.9 cm³/mol. The van der Waals surface area contributed by atoms with Gasteiger partial charge in [0, 0.05) is 6.04 Å². The van der Waals surface area contributed by atoms with Crippen LogP contribution in [0.5, 0.6) is 5.75 Å².